The molecule has 0 saturated heterocycles. The molecule has 1 unspecified atom stereocenters. The number of ether oxygens (including phenoxy) is 2. The van der Waals surface area contributed by atoms with Crippen LogP contribution in [0.15, 0.2) is 18.2 Å². The highest BCUT2D eigenvalue weighted by atomic mass is 16.7. The molecule has 1 aromatic rings. The number of fused-ring (bicyclic) bond motifs is 1. The molecule has 6 heteroatoms. The molecule has 6 nitrogen and oxygen atoms in total. The van der Waals surface area contributed by atoms with E-state index in [1.807, 2.05) is 0 Å². The summed E-state index contributed by atoms with van der Waals surface area (Å²) < 4.78 is 10.4. The zero-order chi connectivity index (χ0) is 13.8. The standard InChI is InChI=1S/C13H17NO5/c1-14(5-4-13(16)17)7-10(15)9-2-3-11-12(6-9)19-8-18-11/h2-3,6,10,15H,4-5,7-8H2,1H3,(H,16,17). The predicted octanol–water partition coefficient (Wildman–Crippen LogP) is 0.855. The van der Waals surface area contributed by atoms with Crippen molar-refractivity contribution in [3.63, 3.8) is 0 Å². The van der Waals surface area contributed by atoms with Gasteiger partial charge in [0, 0.05) is 13.1 Å². The van der Waals surface area contributed by atoms with Crippen molar-refractivity contribution < 1.29 is 24.5 Å². The summed E-state index contributed by atoms with van der Waals surface area (Å²) in [5, 5.41) is 18.7. The van der Waals surface area contributed by atoms with Crippen LogP contribution in [0.4, 0.5) is 0 Å². The molecule has 0 aromatic heterocycles. The molecule has 1 aromatic carbocycles. The molecule has 2 N–H and O–H groups in total. The molecule has 1 heterocycles. The van der Waals surface area contributed by atoms with E-state index in [-0.39, 0.29) is 13.2 Å². The lowest BCUT2D eigenvalue weighted by Gasteiger charge is -2.20. The number of aliphatic carboxylic acids is 1. The Balaban J connectivity index is 1.92. The van der Waals surface area contributed by atoms with E-state index >= 15 is 0 Å². The lowest BCUT2D eigenvalue weighted by molar-refractivity contribution is -0.137. The van der Waals surface area contributed by atoms with Crippen LogP contribution in [0.3, 0.4) is 0 Å². The van der Waals surface area contributed by atoms with Gasteiger partial charge in [-0.2, -0.15) is 0 Å². The second-order valence-electron chi connectivity index (χ2n) is 4.53. The number of hydrogen-bond donors (Lipinski definition) is 2. The van der Waals surface area contributed by atoms with Crippen molar-refractivity contribution in [2.75, 3.05) is 26.9 Å². The number of hydrogen-bond acceptors (Lipinski definition) is 5. The molecule has 0 amide bonds. The Morgan fingerprint density at radius 2 is 2.16 bits per heavy atom. The van der Waals surface area contributed by atoms with Gasteiger partial charge in [0.2, 0.25) is 6.79 Å². The number of aliphatic hydroxyl groups is 1. The number of nitrogens with zero attached hydrogens (tertiary/aromatic N) is 1. The van der Waals surface area contributed by atoms with Crippen LogP contribution >= 0.6 is 0 Å². The molecule has 104 valence electrons. The molecule has 1 atom stereocenters. The number of carboxylic acids is 1. The first kappa shape index (κ1) is 13.6. The first-order chi connectivity index (χ1) is 9.06. The van der Waals surface area contributed by atoms with E-state index < -0.39 is 12.1 Å². The fraction of sp³-hybridized carbons (Fsp3) is 0.462. The number of carboxylic acid groups (broad SMARTS) is 1. The topological polar surface area (TPSA) is 79.2 Å². The monoisotopic (exact) mass is 267 g/mol. The highest BCUT2D eigenvalue weighted by molar-refractivity contribution is 5.66. The molecule has 1 aliphatic heterocycles. The van der Waals surface area contributed by atoms with E-state index in [4.69, 9.17) is 14.6 Å². The van der Waals surface area contributed by atoms with Crippen LogP contribution < -0.4 is 9.47 Å². The third kappa shape index (κ3) is 3.59. The molecule has 0 saturated carbocycles. The Morgan fingerprint density at radius 1 is 1.42 bits per heavy atom. The Kier molecular flexibility index (Phi) is 4.24. The maximum absolute atomic E-state index is 10.5. The number of likely N-dealkylation sites (N-methyl/N-ethyl adjacent to an activating group) is 1. The van der Waals surface area contributed by atoms with Crippen LogP contribution in [0.1, 0.15) is 18.1 Å². The van der Waals surface area contributed by atoms with Gasteiger partial charge in [0.1, 0.15) is 0 Å². The third-order valence-electron chi connectivity index (χ3n) is 2.97. The van der Waals surface area contributed by atoms with E-state index in [2.05, 4.69) is 0 Å². The molecule has 0 fully saturated rings. The third-order valence-corrected chi connectivity index (χ3v) is 2.97. The second kappa shape index (κ2) is 5.90. The van der Waals surface area contributed by atoms with Gasteiger partial charge in [-0.05, 0) is 24.7 Å². The fourth-order valence-corrected chi connectivity index (χ4v) is 1.90. The van der Waals surface area contributed by atoms with Crippen LogP contribution in [0.5, 0.6) is 11.5 Å². The van der Waals surface area contributed by atoms with E-state index in [1.165, 1.54) is 0 Å². The number of aliphatic hydroxyl groups excluding tert-OH is 1. The van der Waals surface area contributed by atoms with E-state index in [9.17, 15) is 9.90 Å². The second-order valence-corrected chi connectivity index (χ2v) is 4.53. The smallest absolute Gasteiger partial charge is 0.304 e. The van der Waals surface area contributed by atoms with Gasteiger partial charge in [-0.3, -0.25) is 4.79 Å². The lowest BCUT2D eigenvalue weighted by atomic mass is 10.1. The SMILES string of the molecule is CN(CCC(=O)O)CC(O)c1ccc2c(c1)OCO2. The summed E-state index contributed by atoms with van der Waals surface area (Å²) in [5.74, 6) is 0.462. The molecule has 0 spiro atoms. The minimum Gasteiger partial charge on any atom is -0.481 e. The summed E-state index contributed by atoms with van der Waals surface area (Å²) >= 11 is 0. The number of benzene rings is 1. The predicted molar refractivity (Wildman–Crippen MR) is 67.3 cm³/mol. The molecular weight excluding hydrogens is 250 g/mol. The van der Waals surface area contributed by atoms with Crippen molar-refractivity contribution in [1.82, 2.24) is 4.90 Å². The summed E-state index contributed by atoms with van der Waals surface area (Å²) in [4.78, 5) is 12.2. The molecule has 1 aliphatic rings. The van der Waals surface area contributed by atoms with Crippen molar-refractivity contribution in [1.29, 1.82) is 0 Å². The maximum Gasteiger partial charge on any atom is 0.304 e. The fourth-order valence-electron chi connectivity index (χ4n) is 1.90. The molecule has 0 bridgehead atoms. The van der Waals surface area contributed by atoms with Crippen molar-refractivity contribution in [2.24, 2.45) is 0 Å². The van der Waals surface area contributed by atoms with E-state index in [0.717, 1.165) is 5.56 Å². The average Bonchev–Trinajstić information content (AvgIpc) is 2.83. The summed E-state index contributed by atoms with van der Waals surface area (Å²) in [6, 6.07) is 5.29. The van der Waals surface area contributed by atoms with Crippen LogP contribution in [-0.4, -0.2) is 48.0 Å². The highest BCUT2D eigenvalue weighted by Crippen LogP contribution is 2.34. The first-order valence-electron chi connectivity index (χ1n) is 6.04. The Labute approximate surface area is 111 Å². The van der Waals surface area contributed by atoms with Gasteiger partial charge in [0.25, 0.3) is 0 Å². The number of rotatable bonds is 6. The minimum absolute atomic E-state index is 0.0599. The van der Waals surface area contributed by atoms with Gasteiger partial charge < -0.3 is 24.6 Å². The highest BCUT2D eigenvalue weighted by Gasteiger charge is 2.17. The quantitative estimate of drug-likeness (QED) is 0.795. The van der Waals surface area contributed by atoms with Crippen molar-refractivity contribution in [3.05, 3.63) is 23.8 Å². The zero-order valence-corrected chi connectivity index (χ0v) is 10.7. The molecule has 19 heavy (non-hydrogen) atoms. The molecule has 2 rings (SSSR count). The van der Waals surface area contributed by atoms with Crippen molar-refractivity contribution in [2.45, 2.75) is 12.5 Å². The van der Waals surface area contributed by atoms with Crippen molar-refractivity contribution >= 4 is 5.97 Å². The summed E-state index contributed by atoms with van der Waals surface area (Å²) in [6.45, 7) is 0.970. The number of carbonyl (C=O) groups is 1. The van der Waals surface area contributed by atoms with Crippen LogP contribution in [0.2, 0.25) is 0 Å². The van der Waals surface area contributed by atoms with Gasteiger partial charge in [0.15, 0.2) is 11.5 Å². The van der Waals surface area contributed by atoms with E-state index in [1.54, 1.807) is 30.1 Å². The minimum atomic E-state index is -0.843. The van der Waals surface area contributed by atoms with Gasteiger partial charge >= 0.3 is 5.97 Å². The molecular formula is C13H17NO5. The average molecular weight is 267 g/mol. The van der Waals surface area contributed by atoms with Crippen LogP contribution in [0.25, 0.3) is 0 Å². The van der Waals surface area contributed by atoms with Gasteiger partial charge in [-0.1, -0.05) is 6.07 Å². The van der Waals surface area contributed by atoms with E-state index in [0.29, 0.717) is 24.6 Å². The Bertz CT molecular complexity index is 462. The van der Waals surface area contributed by atoms with Crippen LogP contribution in [-0.2, 0) is 4.79 Å². The van der Waals surface area contributed by atoms with Crippen LogP contribution in [0, 0.1) is 0 Å². The summed E-state index contributed by atoms with van der Waals surface area (Å²) in [7, 11) is 1.78. The van der Waals surface area contributed by atoms with Gasteiger partial charge in [0.05, 0.1) is 12.5 Å². The van der Waals surface area contributed by atoms with Crippen molar-refractivity contribution in [3.8, 4) is 11.5 Å². The first-order valence-corrected chi connectivity index (χ1v) is 6.04. The molecule has 0 radical (unpaired) electrons. The zero-order valence-electron chi connectivity index (χ0n) is 10.7. The summed E-state index contributed by atoms with van der Waals surface area (Å²) in [5.41, 5.74) is 0.728. The van der Waals surface area contributed by atoms with Gasteiger partial charge in [-0.15, -0.1) is 0 Å². The largest absolute Gasteiger partial charge is 0.481 e. The summed E-state index contributed by atoms with van der Waals surface area (Å²) in [6.07, 6.45) is -0.627. The lowest BCUT2D eigenvalue weighted by Crippen LogP contribution is -2.27. The van der Waals surface area contributed by atoms with Gasteiger partial charge in [-0.25, -0.2) is 0 Å². The maximum atomic E-state index is 10.5. The normalized spacial score (nSPS) is 14.7. The Hall–Kier alpha value is -1.79. The molecule has 0 aliphatic carbocycles. The Morgan fingerprint density at radius 3 is 2.89 bits per heavy atom.